The van der Waals surface area contributed by atoms with Crippen LogP contribution in [0.1, 0.15) is 51.9 Å². The minimum absolute atomic E-state index is 0.0338. The van der Waals surface area contributed by atoms with Crippen LogP contribution in [0.4, 0.5) is 0 Å². The second kappa shape index (κ2) is 5.87. The van der Waals surface area contributed by atoms with E-state index in [2.05, 4.69) is 0 Å². The minimum Gasteiger partial charge on any atom is -0.481 e. The van der Waals surface area contributed by atoms with Gasteiger partial charge in [-0.3, -0.25) is 9.59 Å². The lowest BCUT2D eigenvalue weighted by molar-refractivity contribution is -0.158. The molecule has 0 radical (unpaired) electrons. The van der Waals surface area contributed by atoms with Crippen LogP contribution in [0.3, 0.4) is 0 Å². The second-order valence-electron chi connectivity index (χ2n) is 4.54. The topological polar surface area (TPSA) is 63.6 Å². The summed E-state index contributed by atoms with van der Waals surface area (Å²) in [6.45, 7) is 2.43. The molecule has 0 amide bonds. The molecule has 0 aromatic heterocycles. The molecule has 92 valence electrons. The van der Waals surface area contributed by atoms with Crippen LogP contribution in [0, 0.1) is 5.41 Å². The van der Waals surface area contributed by atoms with Crippen LogP contribution in [0.25, 0.3) is 0 Å². The molecule has 0 aromatic rings. The molecule has 0 aromatic carbocycles. The quantitative estimate of drug-likeness (QED) is 0.560. The first-order valence-corrected chi connectivity index (χ1v) is 6.00. The smallest absolute Gasteiger partial charge is 0.310 e. The molecular formula is C12H20O4. The Bertz CT molecular complexity index is 254. The number of rotatable bonds is 6. The Kier molecular flexibility index (Phi) is 4.77. The molecule has 0 bridgehead atoms. The molecule has 0 saturated heterocycles. The third-order valence-corrected chi connectivity index (χ3v) is 3.26. The van der Waals surface area contributed by atoms with Crippen molar-refractivity contribution in [3.63, 3.8) is 0 Å². The van der Waals surface area contributed by atoms with Gasteiger partial charge in [0.2, 0.25) is 0 Å². The van der Waals surface area contributed by atoms with Gasteiger partial charge in [0, 0.05) is 0 Å². The van der Waals surface area contributed by atoms with Crippen LogP contribution in [0.5, 0.6) is 0 Å². The molecule has 0 aliphatic heterocycles. The van der Waals surface area contributed by atoms with Crippen molar-refractivity contribution in [1.29, 1.82) is 0 Å². The number of hydrogen-bond acceptors (Lipinski definition) is 3. The largest absolute Gasteiger partial charge is 0.481 e. The number of carboxylic acids is 1. The molecule has 0 spiro atoms. The van der Waals surface area contributed by atoms with E-state index in [4.69, 9.17) is 4.74 Å². The summed E-state index contributed by atoms with van der Waals surface area (Å²) in [7, 11) is 0. The van der Waals surface area contributed by atoms with Crippen molar-refractivity contribution in [3.8, 4) is 0 Å². The molecule has 0 heterocycles. The van der Waals surface area contributed by atoms with Crippen LogP contribution in [-0.2, 0) is 14.3 Å². The fourth-order valence-corrected chi connectivity index (χ4v) is 2.18. The van der Waals surface area contributed by atoms with Crippen LogP contribution < -0.4 is 0 Å². The van der Waals surface area contributed by atoms with Gasteiger partial charge in [0.25, 0.3) is 0 Å². The summed E-state index contributed by atoms with van der Waals surface area (Å²) in [5.41, 5.74) is -0.844. The summed E-state index contributed by atoms with van der Waals surface area (Å²) in [6, 6.07) is 0. The summed E-state index contributed by atoms with van der Waals surface area (Å²) < 4.78 is 5.02. The summed E-state index contributed by atoms with van der Waals surface area (Å²) in [6.07, 6.45) is 4.84. The Hall–Kier alpha value is -1.06. The Labute approximate surface area is 96.0 Å². The van der Waals surface area contributed by atoms with Crippen molar-refractivity contribution in [2.75, 3.05) is 6.61 Å². The van der Waals surface area contributed by atoms with Gasteiger partial charge in [-0.05, 0) is 19.3 Å². The fourth-order valence-electron chi connectivity index (χ4n) is 2.18. The summed E-state index contributed by atoms with van der Waals surface area (Å²) in [5, 5.41) is 9.18. The lowest BCUT2D eigenvalue weighted by atomic mass is 9.83. The van der Waals surface area contributed by atoms with Gasteiger partial charge in [-0.1, -0.05) is 26.2 Å². The SMILES string of the molecule is CCCCOC(=O)CC1(C(=O)O)CCCC1. The third-order valence-electron chi connectivity index (χ3n) is 3.26. The molecule has 0 unspecified atom stereocenters. The average Bonchev–Trinajstić information content (AvgIpc) is 2.68. The van der Waals surface area contributed by atoms with E-state index in [1.54, 1.807) is 0 Å². The molecular weight excluding hydrogens is 208 g/mol. The highest BCUT2D eigenvalue weighted by Crippen LogP contribution is 2.41. The van der Waals surface area contributed by atoms with E-state index in [1.165, 1.54) is 0 Å². The fraction of sp³-hybridized carbons (Fsp3) is 0.833. The summed E-state index contributed by atoms with van der Waals surface area (Å²) in [4.78, 5) is 22.7. The predicted molar refractivity (Wildman–Crippen MR) is 59.0 cm³/mol. The minimum atomic E-state index is -0.850. The van der Waals surface area contributed by atoms with E-state index in [9.17, 15) is 14.7 Å². The first-order chi connectivity index (χ1) is 7.60. The van der Waals surface area contributed by atoms with E-state index in [-0.39, 0.29) is 12.4 Å². The van der Waals surface area contributed by atoms with E-state index in [0.717, 1.165) is 25.7 Å². The molecule has 4 nitrogen and oxygen atoms in total. The Morgan fingerprint density at radius 1 is 1.31 bits per heavy atom. The zero-order valence-corrected chi connectivity index (χ0v) is 9.83. The van der Waals surface area contributed by atoms with E-state index in [0.29, 0.717) is 19.4 Å². The lowest BCUT2D eigenvalue weighted by Gasteiger charge is -2.22. The highest BCUT2D eigenvalue weighted by Gasteiger charge is 2.43. The van der Waals surface area contributed by atoms with Gasteiger partial charge in [0.05, 0.1) is 18.4 Å². The lowest BCUT2D eigenvalue weighted by Crippen LogP contribution is -2.31. The zero-order chi connectivity index (χ0) is 12.0. The highest BCUT2D eigenvalue weighted by molar-refractivity contribution is 5.82. The zero-order valence-electron chi connectivity index (χ0n) is 9.83. The first kappa shape index (κ1) is 13.0. The van der Waals surface area contributed by atoms with Gasteiger partial charge in [0.1, 0.15) is 0 Å². The molecule has 1 aliphatic rings. The molecule has 16 heavy (non-hydrogen) atoms. The van der Waals surface area contributed by atoms with Gasteiger partial charge in [-0.2, -0.15) is 0 Å². The molecule has 1 rings (SSSR count). The Morgan fingerprint density at radius 3 is 2.44 bits per heavy atom. The average molecular weight is 228 g/mol. The molecule has 4 heteroatoms. The number of esters is 1. The number of carbonyl (C=O) groups excluding carboxylic acids is 1. The van der Waals surface area contributed by atoms with Crippen LogP contribution in [-0.4, -0.2) is 23.7 Å². The van der Waals surface area contributed by atoms with Crippen molar-refractivity contribution in [2.45, 2.75) is 51.9 Å². The maximum atomic E-state index is 11.5. The monoisotopic (exact) mass is 228 g/mol. The maximum absolute atomic E-state index is 11.5. The number of carboxylic acid groups (broad SMARTS) is 1. The Balaban J connectivity index is 2.43. The van der Waals surface area contributed by atoms with Gasteiger partial charge in [-0.25, -0.2) is 0 Å². The van der Waals surface area contributed by atoms with E-state index in [1.807, 2.05) is 6.92 Å². The van der Waals surface area contributed by atoms with Crippen LogP contribution in [0.2, 0.25) is 0 Å². The molecule has 0 atom stereocenters. The Morgan fingerprint density at radius 2 is 1.94 bits per heavy atom. The number of carbonyl (C=O) groups is 2. The maximum Gasteiger partial charge on any atom is 0.310 e. The van der Waals surface area contributed by atoms with E-state index < -0.39 is 11.4 Å². The number of aliphatic carboxylic acids is 1. The summed E-state index contributed by atoms with van der Waals surface area (Å²) >= 11 is 0. The van der Waals surface area contributed by atoms with Crippen LogP contribution >= 0.6 is 0 Å². The number of unbranched alkanes of at least 4 members (excludes halogenated alkanes) is 1. The van der Waals surface area contributed by atoms with Crippen molar-refractivity contribution in [1.82, 2.24) is 0 Å². The van der Waals surface area contributed by atoms with Crippen molar-refractivity contribution < 1.29 is 19.4 Å². The van der Waals surface area contributed by atoms with E-state index >= 15 is 0 Å². The molecule has 1 aliphatic carbocycles. The normalized spacial score (nSPS) is 18.3. The highest BCUT2D eigenvalue weighted by atomic mass is 16.5. The first-order valence-electron chi connectivity index (χ1n) is 6.00. The molecule has 1 saturated carbocycles. The number of hydrogen-bond donors (Lipinski definition) is 1. The number of ether oxygens (including phenoxy) is 1. The van der Waals surface area contributed by atoms with Gasteiger partial charge >= 0.3 is 11.9 Å². The molecule has 1 fully saturated rings. The van der Waals surface area contributed by atoms with Gasteiger partial charge in [0.15, 0.2) is 0 Å². The van der Waals surface area contributed by atoms with Crippen LogP contribution in [0.15, 0.2) is 0 Å². The molecule has 1 N–H and O–H groups in total. The van der Waals surface area contributed by atoms with Crippen molar-refractivity contribution >= 4 is 11.9 Å². The third kappa shape index (κ3) is 3.22. The predicted octanol–water partition coefficient (Wildman–Crippen LogP) is 2.36. The van der Waals surface area contributed by atoms with Gasteiger partial charge < -0.3 is 9.84 Å². The standard InChI is InChI=1S/C12H20O4/c1-2-3-8-16-10(13)9-12(11(14)15)6-4-5-7-12/h2-9H2,1H3,(H,14,15). The second-order valence-corrected chi connectivity index (χ2v) is 4.54. The van der Waals surface area contributed by atoms with Gasteiger partial charge in [-0.15, -0.1) is 0 Å². The van der Waals surface area contributed by atoms with Crippen molar-refractivity contribution in [3.05, 3.63) is 0 Å². The summed E-state index contributed by atoms with van der Waals surface area (Å²) in [5.74, 6) is -1.21. The van der Waals surface area contributed by atoms with Crippen molar-refractivity contribution in [2.24, 2.45) is 5.41 Å².